The third-order valence-electron chi connectivity index (χ3n) is 2.88. The lowest BCUT2D eigenvalue weighted by Crippen LogP contribution is -2.35. The molecule has 1 nitrogen and oxygen atoms in total. The molecule has 0 atom stereocenters. The first-order chi connectivity index (χ1) is 9.85. The van der Waals surface area contributed by atoms with Crippen LogP contribution in [0.1, 0.15) is 26.3 Å². The molecule has 0 unspecified atom stereocenters. The van der Waals surface area contributed by atoms with Crippen molar-refractivity contribution in [2.24, 2.45) is 0 Å². The van der Waals surface area contributed by atoms with E-state index in [1.54, 1.807) is 6.07 Å². The minimum Gasteiger partial charge on any atom is -0.308 e. The van der Waals surface area contributed by atoms with E-state index in [0.717, 1.165) is 10.5 Å². The molecule has 0 spiro atoms. The van der Waals surface area contributed by atoms with E-state index in [-0.39, 0.29) is 11.4 Å². The van der Waals surface area contributed by atoms with E-state index >= 15 is 0 Å². The highest BCUT2D eigenvalue weighted by atomic mass is 35.5. The van der Waals surface area contributed by atoms with Crippen LogP contribution in [0.15, 0.2) is 52.3 Å². The molecule has 0 saturated heterocycles. The summed E-state index contributed by atoms with van der Waals surface area (Å²) in [6.45, 7) is 6.92. The zero-order chi connectivity index (χ0) is 15.5. The number of nitrogens with one attached hydrogen (secondary N) is 1. The zero-order valence-electron chi connectivity index (χ0n) is 12.4. The van der Waals surface area contributed by atoms with E-state index in [2.05, 4.69) is 26.1 Å². The van der Waals surface area contributed by atoms with Crippen molar-refractivity contribution >= 4 is 23.4 Å². The van der Waals surface area contributed by atoms with Gasteiger partial charge < -0.3 is 5.32 Å². The predicted molar refractivity (Wildman–Crippen MR) is 88.6 cm³/mol. The van der Waals surface area contributed by atoms with E-state index in [1.165, 1.54) is 11.8 Å². The Balaban J connectivity index is 2.11. The van der Waals surface area contributed by atoms with Crippen molar-refractivity contribution < 1.29 is 4.39 Å². The monoisotopic (exact) mass is 323 g/mol. The Morgan fingerprint density at radius 3 is 2.43 bits per heavy atom. The summed E-state index contributed by atoms with van der Waals surface area (Å²) in [5, 5.41) is 3.99. The molecule has 0 fully saturated rings. The second-order valence-corrected chi connectivity index (χ2v) is 7.39. The van der Waals surface area contributed by atoms with E-state index in [0.29, 0.717) is 16.5 Å². The lowest BCUT2D eigenvalue weighted by atomic mass is 10.1. The highest BCUT2D eigenvalue weighted by molar-refractivity contribution is 7.99. The Morgan fingerprint density at radius 2 is 1.81 bits per heavy atom. The molecule has 0 amide bonds. The van der Waals surface area contributed by atoms with Gasteiger partial charge in [-0.05, 0) is 50.6 Å². The lowest BCUT2D eigenvalue weighted by Gasteiger charge is -2.20. The highest BCUT2D eigenvalue weighted by Crippen LogP contribution is 2.34. The minimum atomic E-state index is -0.215. The fraction of sp³-hybridized carbons (Fsp3) is 0.294. The zero-order valence-corrected chi connectivity index (χ0v) is 14.0. The molecule has 1 N–H and O–H groups in total. The molecule has 21 heavy (non-hydrogen) atoms. The predicted octanol–water partition coefficient (Wildman–Crippen LogP) is 5.52. The van der Waals surface area contributed by atoms with Gasteiger partial charge in [-0.15, -0.1) is 0 Å². The first-order valence-corrected chi connectivity index (χ1v) is 8.00. The second kappa shape index (κ2) is 6.82. The fourth-order valence-electron chi connectivity index (χ4n) is 1.75. The van der Waals surface area contributed by atoms with Gasteiger partial charge in [0.2, 0.25) is 0 Å². The van der Waals surface area contributed by atoms with Gasteiger partial charge in [-0.2, -0.15) is 0 Å². The third kappa shape index (κ3) is 5.03. The molecule has 4 heteroatoms. The first kappa shape index (κ1) is 16.3. The van der Waals surface area contributed by atoms with Gasteiger partial charge >= 0.3 is 0 Å². The van der Waals surface area contributed by atoms with E-state index in [4.69, 9.17) is 11.6 Å². The average molecular weight is 324 g/mol. The SMILES string of the molecule is CC(C)(C)NCc1ccc(Sc2ccccc2Cl)c(F)c1. The smallest absolute Gasteiger partial charge is 0.137 e. The summed E-state index contributed by atoms with van der Waals surface area (Å²) in [4.78, 5) is 1.45. The second-order valence-electron chi connectivity index (χ2n) is 5.90. The number of rotatable bonds is 4. The van der Waals surface area contributed by atoms with Crippen molar-refractivity contribution in [1.29, 1.82) is 0 Å². The van der Waals surface area contributed by atoms with Crippen LogP contribution in [-0.4, -0.2) is 5.54 Å². The Labute approximate surface area is 134 Å². The Hall–Kier alpha value is -1.03. The van der Waals surface area contributed by atoms with Crippen LogP contribution >= 0.6 is 23.4 Å². The summed E-state index contributed by atoms with van der Waals surface area (Å²) in [5.74, 6) is -0.215. The van der Waals surface area contributed by atoms with Crippen LogP contribution in [0.2, 0.25) is 5.02 Å². The van der Waals surface area contributed by atoms with Crippen LogP contribution < -0.4 is 5.32 Å². The molecular weight excluding hydrogens is 305 g/mol. The Bertz CT molecular complexity index is 622. The van der Waals surface area contributed by atoms with Crippen molar-refractivity contribution in [3.8, 4) is 0 Å². The van der Waals surface area contributed by atoms with Crippen LogP contribution in [0.25, 0.3) is 0 Å². The molecule has 0 bridgehead atoms. The Kier molecular flexibility index (Phi) is 5.31. The van der Waals surface area contributed by atoms with Gasteiger partial charge in [0.15, 0.2) is 0 Å². The molecule has 0 aliphatic rings. The van der Waals surface area contributed by atoms with Gasteiger partial charge in [-0.1, -0.05) is 41.6 Å². The maximum absolute atomic E-state index is 14.2. The molecule has 2 aromatic carbocycles. The summed E-state index contributed by atoms with van der Waals surface area (Å²) >= 11 is 7.45. The van der Waals surface area contributed by atoms with E-state index in [1.807, 2.05) is 36.4 Å². The minimum absolute atomic E-state index is 0.0153. The number of halogens is 2. The Morgan fingerprint density at radius 1 is 1.10 bits per heavy atom. The molecule has 0 aromatic heterocycles. The van der Waals surface area contributed by atoms with Crippen molar-refractivity contribution in [2.45, 2.75) is 42.6 Å². The van der Waals surface area contributed by atoms with Crippen LogP contribution in [-0.2, 0) is 6.54 Å². The van der Waals surface area contributed by atoms with Gasteiger partial charge in [0, 0.05) is 21.9 Å². The summed E-state index contributed by atoms with van der Waals surface area (Å²) < 4.78 is 14.2. The summed E-state index contributed by atoms with van der Waals surface area (Å²) in [6, 6.07) is 12.8. The van der Waals surface area contributed by atoms with Gasteiger partial charge in [0.25, 0.3) is 0 Å². The van der Waals surface area contributed by atoms with Crippen LogP contribution in [0.3, 0.4) is 0 Å². The largest absolute Gasteiger partial charge is 0.308 e. The molecule has 0 aliphatic carbocycles. The van der Waals surface area contributed by atoms with E-state index in [9.17, 15) is 4.39 Å². The van der Waals surface area contributed by atoms with Gasteiger partial charge in [-0.25, -0.2) is 4.39 Å². The van der Waals surface area contributed by atoms with Crippen LogP contribution in [0.4, 0.5) is 4.39 Å². The number of hydrogen-bond donors (Lipinski definition) is 1. The standard InChI is InChI=1S/C17H19ClFNS/c1-17(2,3)20-11-12-8-9-16(14(19)10-12)21-15-7-5-4-6-13(15)18/h4-10,20H,11H2,1-3H3. The summed E-state index contributed by atoms with van der Waals surface area (Å²) in [7, 11) is 0. The third-order valence-corrected chi connectivity index (χ3v) is 4.44. The van der Waals surface area contributed by atoms with Gasteiger partial charge in [0.05, 0.1) is 5.02 Å². The molecule has 112 valence electrons. The molecule has 0 saturated carbocycles. The summed E-state index contributed by atoms with van der Waals surface area (Å²) in [6.07, 6.45) is 0. The topological polar surface area (TPSA) is 12.0 Å². The maximum Gasteiger partial charge on any atom is 0.137 e. The lowest BCUT2D eigenvalue weighted by molar-refractivity contribution is 0.423. The molecule has 2 rings (SSSR count). The maximum atomic E-state index is 14.2. The van der Waals surface area contributed by atoms with Crippen LogP contribution in [0.5, 0.6) is 0 Å². The first-order valence-electron chi connectivity index (χ1n) is 6.81. The van der Waals surface area contributed by atoms with Crippen molar-refractivity contribution in [3.05, 3.63) is 58.9 Å². The number of hydrogen-bond acceptors (Lipinski definition) is 2. The number of benzene rings is 2. The van der Waals surface area contributed by atoms with Crippen molar-refractivity contribution in [3.63, 3.8) is 0 Å². The van der Waals surface area contributed by atoms with Crippen LogP contribution in [0, 0.1) is 5.82 Å². The van der Waals surface area contributed by atoms with Crippen molar-refractivity contribution in [2.75, 3.05) is 0 Å². The van der Waals surface area contributed by atoms with Gasteiger partial charge in [0.1, 0.15) is 5.82 Å². The average Bonchev–Trinajstić information content (AvgIpc) is 2.41. The molecule has 0 aliphatic heterocycles. The molecular formula is C17H19ClFNS. The van der Waals surface area contributed by atoms with E-state index < -0.39 is 0 Å². The molecule has 2 aromatic rings. The highest BCUT2D eigenvalue weighted by Gasteiger charge is 2.11. The van der Waals surface area contributed by atoms with Gasteiger partial charge in [-0.3, -0.25) is 0 Å². The molecule has 0 radical (unpaired) electrons. The fourth-order valence-corrected chi connectivity index (χ4v) is 2.84. The summed E-state index contributed by atoms with van der Waals surface area (Å²) in [5.41, 5.74) is 0.951. The quantitative estimate of drug-likeness (QED) is 0.795. The molecule has 0 heterocycles. The normalized spacial score (nSPS) is 11.7. The van der Waals surface area contributed by atoms with Crippen molar-refractivity contribution in [1.82, 2.24) is 5.32 Å².